The van der Waals surface area contributed by atoms with Gasteiger partial charge in [-0.05, 0) is 89.8 Å². The number of anilines is 3. The Hall–Kier alpha value is -7.62. The van der Waals surface area contributed by atoms with Crippen LogP contribution in [0.1, 0.15) is 5.56 Å². The summed E-state index contributed by atoms with van der Waals surface area (Å²) < 4.78 is 8.77. The number of hydrogen-bond donors (Lipinski definition) is 0. The zero-order valence-electron chi connectivity index (χ0n) is 32.0. The first-order valence-corrected chi connectivity index (χ1v) is 19.8. The summed E-state index contributed by atoms with van der Waals surface area (Å²) in [6.07, 6.45) is 0. The Morgan fingerprint density at radius 1 is 0.379 bits per heavy atom. The zero-order valence-corrected chi connectivity index (χ0v) is 32.0. The van der Waals surface area contributed by atoms with Crippen LogP contribution in [-0.2, 0) is 0 Å². The van der Waals surface area contributed by atoms with Gasteiger partial charge in [0.1, 0.15) is 11.2 Å². The van der Waals surface area contributed by atoms with E-state index in [9.17, 15) is 0 Å². The Morgan fingerprint density at radius 3 is 1.62 bits per heavy atom. The van der Waals surface area contributed by atoms with Crippen LogP contribution < -0.4 is 4.90 Å². The molecule has 0 radical (unpaired) electrons. The number of para-hydroxylation sites is 3. The maximum atomic E-state index is 6.29. The van der Waals surface area contributed by atoms with Gasteiger partial charge >= 0.3 is 0 Å². The molecule has 9 aromatic carbocycles. The molecule has 274 valence electrons. The molecule has 0 fully saturated rings. The lowest BCUT2D eigenvalue weighted by Crippen LogP contribution is -2.11. The average molecular weight is 743 g/mol. The van der Waals surface area contributed by atoms with Gasteiger partial charge in [0.25, 0.3) is 0 Å². The van der Waals surface area contributed by atoms with Crippen molar-refractivity contribution in [3.63, 3.8) is 0 Å². The summed E-state index contributed by atoms with van der Waals surface area (Å²) in [5.74, 6) is 0. The van der Waals surface area contributed by atoms with Crippen LogP contribution in [0.2, 0.25) is 0 Å². The van der Waals surface area contributed by atoms with Crippen molar-refractivity contribution < 1.29 is 4.42 Å². The Bertz CT molecular complexity index is 3190. The Morgan fingerprint density at radius 2 is 0.931 bits per heavy atom. The highest BCUT2D eigenvalue weighted by atomic mass is 16.3. The molecule has 0 bridgehead atoms. The molecule has 58 heavy (non-hydrogen) atoms. The molecular formula is C55H38N2O. The van der Waals surface area contributed by atoms with Crippen molar-refractivity contribution in [2.24, 2.45) is 0 Å². The molecule has 0 aliphatic carbocycles. The lowest BCUT2D eigenvalue weighted by Gasteiger charge is -2.28. The number of aryl methyl sites for hydroxylation is 1. The molecule has 0 N–H and O–H groups in total. The molecule has 0 unspecified atom stereocenters. The van der Waals surface area contributed by atoms with Gasteiger partial charge < -0.3 is 13.9 Å². The highest BCUT2D eigenvalue weighted by Crippen LogP contribution is 2.46. The lowest BCUT2D eigenvalue weighted by molar-refractivity contribution is 0.669. The van der Waals surface area contributed by atoms with Crippen LogP contribution >= 0.6 is 0 Å². The summed E-state index contributed by atoms with van der Waals surface area (Å²) >= 11 is 0. The Kier molecular flexibility index (Phi) is 8.04. The summed E-state index contributed by atoms with van der Waals surface area (Å²) in [6, 6.07) is 76.5. The van der Waals surface area contributed by atoms with Gasteiger partial charge in [-0.15, -0.1) is 0 Å². The molecule has 0 atom stereocenters. The van der Waals surface area contributed by atoms with Crippen molar-refractivity contribution in [1.82, 2.24) is 4.57 Å². The van der Waals surface area contributed by atoms with E-state index in [2.05, 4.69) is 217 Å². The fourth-order valence-corrected chi connectivity index (χ4v) is 8.67. The largest absolute Gasteiger partial charge is 0.456 e. The van der Waals surface area contributed by atoms with Crippen LogP contribution in [0, 0.1) is 6.92 Å². The second-order valence-electron chi connectivity index (χ2n) is 15.0. The molecule has 0 spiro atoms. The van der Waals surface area contributed by atoms with Gasteiger partial charge in [0.15, 0.2) is 0 Å². The van der Waals surface area contributed by atoms with E-state index in [1.54, 1.807) is 0 Å². The van der Waals surface area contributed by atoms with Crippen molar-refractivity contribution in [3.05, 3.63) is 218 Å². The second kappa shape index (κ2) is 13.8. The maximum Gasteiger partial charge on any atom is 0.135 e. The van der Waals surface area contributed by atoms with Crippen LogP contribution in [0.4, 0.5) is 17.1 Å². The smallest absolute Gasteiger partial charge is 0.135 e. The van der Waals surface area contributed by atoms with Gasteiger partial charge in [-0.25, -0.2) is 0 Å². The fourth-order valence-electron chi connectivity index (χ4n) is 8.67. The number of nitrogens with zero attached hydrogens (tertiary/aromatic N) is 2. The van der Waals surface area contributed by atoms with E-state index in [0.29, 0.717) is 0 Å². The van der Waals surface area contributed by atoms with Crippen molar-refractivity contribution in [1.29, 1.82) is 0 Å². The van der Waals surface area contributed by atoms with Gasteiger partial charge in [0.05, 0.1) is 22.4 Å². The van der Waals surface area contributed by atoms with Crippen molar-refractivity contribution in [3.8, 4) is 39.1 Å². The number of fused-ring (bicyclic) bond motifs is 6. The van der Waals surface area contributed by atoms with Gasteiger partial charge in [-0.1, -0.05) is 157 Å². The number of hydrogen-bond acceptors (Lipinski definition) is 2. The summed E-state index contributed by atoms with van der Waals surface area (Å²) in [4.78, 5) is 2.39. The van der Waals surface area contributed by atoms with Crippen molar-refractivity contribution in [2.45, 2.75) is 6.92 Å². The minimum Gasteiger partial charge on any atom is -0.456 e. The molecule has 0 amide bonds. The molecule has 11 aromatic rings. The first-order chi connectivity index (χ1) is 28.7. The van der Waals surface area contributed by atoms with Gasteiger partial charge in [-0.3, -0.25) is 0 Å². The highest BCUT2D eigenvalue weighted by Gasteiger charge is 2.22. The van der Waals surface area contributed by atoms with Crippen LogP contribution in [0.3, 0.4) is 0 Å². The molecule has 0 saturated heterocycles. The van der Waals surface area contributed by atoms with E-state index in [1.807, 2.05) is 12.1 Å². The van der Waals surface area contributed by atoms with E-state index in [1.165, 1.54) is 49.6 Å². The van der Waals surface area contributed by atoms with E-state index in [-0.39, 0.29) is 0 Å². The number of aromatic nitrogens is 1. The van der Waals surface area contributed by atoms with Gasteiger partial charge in [0.2, 0.25) is 0 Å². The maximum absolute atomic E-state index is 6.29. The highest BCUT2D eigenvalue weighted by molar-refractivity contribution is 6.12. The standard InChI is InChI=1S/C55H38N2O/c1-37-24-28-42(29-25-37)56(43-30-33-55-49(36-43)48-20-10-13-23-54(48)58-55)50-21-11-8-18-44(50)45-19-9-12-22-51(45)57-52-34-40(38-14-4-2-5-15-38)26-31-46(52)47-32-27-41(35-53(47)57)39-16-6-3-7-17-39/h2-36H,1H3. The predicted molar refractivity (Wildman–Crippen MR) is 244 cm³/mol. The first-order valence-electron chi connectivity index (χ1n) is 19.8. The topological polar surface area (TPSA) is 21.3 Å². The third-order valence-electron chi connectivity index (χ3n) is 11.5. The molecule has 2 heterocycles. The van der Waals surface area contributed by atoms with Crippen LogP contribution in [0.25, 0.3) is 82.8 Å². The molecule has 11 rings (SSSR count). The van der Waals surface area contributed by atoms with Crippen molar-refractivity contribution >= 4 is 60.8 Å². The SMILES string of the molecule is Cc1ccc(N(c2ccc3oc4ccccc4c3c2)c2ccccc2-c2ccccc2-n2c3cc(-c4ccccc4)ccc3c3ccc(-c4ccccc4)cc32)cc1. The average Bonchev–Trinajstić information content (AvgIpc) is 3.82. The minimum absolute atomic E-state index is 0.878. The molecule has 0 saturated carbocycles. The second-order valence-corrected chi connectivity index (χ2v) is 15.0. The molecule has 0 aliphatic heterocycles. The monoisotopic (exact) mass is 742 g/mol. The van der Waals surface area contributed by atoms with E-state index < -0.39 is 0 Å². The van der Waals surface area contributed by atoms with Gasteiger partial charge in [0, 0.05) is 44.0 Å². The number of furan rings is 1. The third-order valence-corrected chi connectivity index (χ3v) is 11.5. The lowest BCUT2D eigenvalue weighted by atomic mass is 9.99. The molecule has 3 heteroatoms. The third kappa shape index (κ3) is 5.67. The van der Waals surface area contributed by atoms with E-state index >= 15 is 0 Å². The summed E-state index contributed by atoms with van der Waals surface area (Å²) in [5, 5.41) is 4.65. The summed E-state index contributed by atoms with van der Waals surface area (Å²) in [7, 11) is 0. The summed E-state index contributed by atoms with van der Waals surface area (Å²) in [6.45, 7) is 2.14. The van der Waals surface area contributed by atoms with Crippen LogP contribution in [0.15, 0.2) is 217 Å². The molecular weight excluding hydrogens is 705 g/mol. The van der Waals surface area contributed by atoms with Gasteiger partial charge in [-0.2, -0.15) is 0 Å². The summed E-state index contributed by atoms with van der Waals surface area (Å²) in [5.41, 5.74) is 16.7. The van der Waals surface area contributed by atoms with Crippen LogP contribution in [0.5, 0.6) is 0 Å². The fraction of sp³-hybridized carbons (Fsp3) is 0.0182. The van der Waals surface area contributed by atoms with Crippen LogP contribution in [-0.4, -0.2) is 4.57 Å². The number of rotatable bonds is 7. The molecule has 2 aromatic heterocycles. The van der Waals surface area contributed by atoms with E-state index in [4.69, 9.17) is 4.42 Å². The molecule has 3 nitrogen and oxygen atoms in total. The zero-order chi connectivity index (χ0) is 38.6. The number of benzene rings is 9. The Labute approximate surface area is 337 Å². The normalized spacial score (nSPS) is 11.5. The minimum atomic E-state index is 0.878. The molecule has 0 aliphatic rings. The Balaban J connectivity index is 1.17. The predicted octanol–water partition coefficient (Wildman–Crippen LogP) is 15.5. The van der Waals surface area contributed by atoms with Crippen molar-refractivity contribution in [2.75, 3.05) is 4.90 Å². The first kappa shape index (κ1) is 33.7. The van der Waals surface area contributed by atoms with E-state index in [0.717, 1.165) is 55.8 Å². The quantitative estimate of drug-likeness (QED) is 0.162.